The van der Waals surface area contributed by atoms with Gasteiger partial charge in [-0.25, -0.2) is 0 Å². The van der Waals surface area contributed by atoms with Gasteiger partial charge in [0.1, 0.15) is 0 Å². The highest BCUT2D eigenvalue weighted by molar-refractivity contribution is 6.93. The summed E-state index contributed by atoms with van der Waals surface area (Å²) < 4.78 is 0. The Hall–Kier alpha value is -0.595. The molecule has 2 nitrogen and oxygen atoms in total. The maximum Gasteiger partial charge on any atom is 0.286 e. The number of carbonyl (C=O) groups excluding carboxylic acids is 2. The molecule has 0 N–H and O–H groups in total. The third-order valence-electron chi connectivity index (χ3n) is 2.24. The van der Waals surface area contributed by atoms with E-state index in [-0.39, 0.29) is 11.6 Å². The Bertz CT molecular complexity index is 150. The van der Waals surface area contributed by atoms with E-state index in [9.17, 15) is 9.59 Å². The SMILES string of the molecule is O=C[B]C(=O)C1CCCCC1. The standard InChI is InChI=1S/C8H12BO2/c10-6-9-8(11)7-4-2-1-3-5-7/h6-7H,1-5H2. The Morgan fingerprint density at radius 2 is 1.91 bits per heavy atom. The molecule has 0 spiro atoms. The molecule has 1 saturated carbocycles. The molecule has 1 radical (unpaired) electrons. The molecule has 1 aliphatic rings. The number of carbonyl (C=O) groups is 2. The molecule has 0 unspecified atom stereocenters. The number of hydrogen-bond donors (Lipinski definition) is 0. The molecule has 1 rings (SSSR count). The van der Waals surface area contributed by atoms with Crippen molar-refractivity contribution in [1.82, 2.24) is 0 Å². The summed E-state index contributed by atoms with van der Waals surface area (Å²) in [7, 11) is 1.16. The lowest BCUT2D eigenvalue weighted by Crippen LogP contribution is -2.23. The summed E-state index contributed by atoms with van der Waals surface area (Å²) >= 11 is 0. The number of hydrogen-bond acceptors (Lipinski definition) is 2. The first kappa shape index (κ1) is 8.50. The van der Waals surface area contributed by atoms with Gasteiger partial charge in [0.2, 0.25) is 0 Å². The Morgan fingerprint density at radius 3 is 2.45 bits per heavy atom. The van der Waals surface area contributed by atoms with E-state index < -0.39 is 0 Å². The van der Waals surface area contributed by atoms with E-state index in [0.717, 1.165) is 33.0 Å². The van der Waals surface area contributed by atoms with Crippen LogP contribution in [-0.2, 0) is 9.59 Å². The summed E-state index contributed by atoms with van der Waals surface area (Å²) in [5.41, 5.74) is 0.0275. The summed E-state index contributed by atoms with van der Waals surface area (Å²) in [6, 6.07) is 0. The van der Waals surface area contributed by atoms with Gasteiger partial charge in [-0.3, -0.25) is 0 Å². The lowest BCUT2D eigenvalue weighted by molar-refractivity contribution is -0.116. The van der Waals surface area contributed by atoms with Crippen LogP contribution in [0.25, 0.3) is 0 Å². The molecule has 0 atom stereocenters. The predicted octanol–water partition coefficient (Wildman–Crippen LogP) is 0.988. The second kappa shape index (κ2) is 4.32. The molecule has 59 valence electrons. The molecule has 0 aromatic carbocycles. The van der Waals surface area contributed by atoms with Crippen LogP contribution >= 0.6 is 0 Å². The maximum absolute atomic E-state index is 11.1. The van der Waals surface area contributed by atoms with Crippen molar-refractivity contribution >= 4 is 19.1 Å². The van der Waals surface area contributed by atoms with Crippen molar-refractivity contribution in [3.05, 3.63) is 0 Å². The maximum atomic E-state index is 11.1. The van der Waals surface area contributed by atoms with Gasteiger partial charge in [-0.1, -0.05) is 19.3 Å². The van der Waals surface area contributed by atoms with Gasteiger partial charge in [-0.05, 0) is 12.8 Å². The summed E-state index contributed by atoms with van der Waals surface area (Å²) in [4.78, 5) is 21.1. The molecule has 0 bridgehead atoms. The summed E-state index contributed by atoms with van der Waals surface area (Å²) in [6.45, 7) is 0. The minimum Gasteiger partial charge on any atom is -0.315 e. The fraction of sp³-hybridized carbons (Fsp3) is 0.750. The van der Waals surface area contributed by atoms with E-state index >= 15 is 0 Å². The largest absolute Gasteiger partial charge is 0.315 e. The van der Waals surface area contributed by atoms with Gasteiger partial charge in [0.05, 0.1) is 11.9 Å². The predicted molar refractivity (Wildman–Crippen MR) is 44.1 cm³/mol. The minimum atomic E-state index is 0.0275. The average molecular weight is 151 g/mol. The van der Waals surface area contributed by atoms with Gasteiger partial charge in [-0.15, -0.1) is 0 Å². The Kier molecular flexibility index (Phi) is 3.34. The third kappa shape index (κ3) is 2.49. The fourth-order valence-corrected chi connectivity index (χ4v) is 1.59. The first-order chi connectivity index (χ1) is 5.34. The normalized spacial score (nSPS) is 19.3. The molecule has 1 aliphatic carbocycles. The molecular formula is C8H12BO2. The van der Waals surface area contributed by atoms with Crippen LogP contribution in [0.2, 0.25) is 0 Å². The second-order valence-electron chi connectivity index (χ2n) is 3.04. The lowest BCUT2D eigenvalue weighted by Gasteiger charge is -2.18. The van der Waals surface area contributed by atoms with Crippen LogP contribution in [0.1, 0.15) is 32.1 Å². The highest BCUT2D eigenvalue weighted by Crippen LogP contribution is 2.23. The Balaban J connectivity index is 2.32. The molecular weight excluding hydrogens is 139 g/mol. The fourth-order valence-electron chi connectivity index (χ4n) is 1.59. The zero-order chi connectivity index (χ0) is 8.10. The van der Waals surface area contributed by atoms with E-state index in [4.69, 9.17) is 0 Å². The van der Waals surface area contributed by atoms with Crippen molar-refractivity contribution in [2.45, 2.75) is 32.1 Å². The van der Waals surface area contributed by atoms with Crippen LogP contribution in [-0.4, -0.2) is 19.1 Å². The van der Waals surface area contributed by atoms with E-state index in [1.807, 2.05) is 0 Å². The van der Waals surface area contributed by atoms with Gasteiger partial charge >= 0.3 is 0 Å². The molecule has 0 aromatic rings. The summed E-state index contributed by atoms with van der Waals surface area (Å²) in [5.74, 6) is 0.147. The average Bonchev–Trinajstić information content (AvgIpc) is 2.07. The zero-order valence-electron chi connectivity index (χ0n) is 6.58. The molecule has 0 heterocycles. The van der Waals surface area contributed by atoms with E-state index in [2.05, 4.69) is 0 Å². The van der Waals surface area contributed by atoms with Gasteiger partial charge in [0.15, 0.2) is 0 Å². The third-order valence-corrected chi connectivity index (χ3v) is 2.24. The van der Waals surface area contributed by atoms with Crippen molar-refractivity contribution in [3.63, 3.8) is 0 Å². The topological polar surface area (TPSA) is 34.1 Å². The van der Waals surface area contributed by atoms with Gasteiger partial charge in [-0.2, -0.15) is 0 Å². The second-order valence-corrected chi connectivity index (χ2v) is 3.04. The smallest absolute Gasteiger partial charge is 0.286 e. The molecule has 11 heavy (non-hydrogen) atoms. The van der Waals surface area contributed by atoms with Crippen LogP contribution in [0.15, 0.2) is 0 Å². The van der Waals surface area contributed by atoms with Gasteiger partial charge in [0.25, 0.3) is 7.28 Å². The summed E-state index contributed by atoms with van der Waals surface area (Å²) in [6.07, 6.45) is 6.07. The van der Waals surface area contributed by atoms with Gasteiger partial charge < -0.3 is 9.59 Å². The van der Waals surface area contributed by atoms with Crippen molar-refractivity contribution < 1.29 is 9.59 Å². The van der Waals surface area contributed by atoms with Crippen LogP contribution in [0.4, 0.5) is 0 Å². The van der Waals surface area contributed by atoms with Crippen LogP contribution in [0, 0.1) is 5.92 Å². The Labute approximate surface area is 67.6 Å². The van der Waals surface area contributed by atoms with Crippen molar-refractivity contribution in [3.8, 4) is 0 Å². The Morgan fingerprint density at radius 1 is 1.27 bits per heavy atom. The lowest BCUT2D eigenvalue weighted by atomic mass is 9.66. The van der Waals surface area contributed by atoms with Crippen molar-refractivity contribution in [2.24, 2.45) is 5.92 Å². The molecule has 3 heteroatoms. The van der Waals surface area contributed by atoms with Crippen LogP contribution in [0.5, 0.6) is 0 Å². The minimum absolute atomic E-state index is 0.0275. The first-order valence-corrected chi connectivity index (χ1v) is 4.17. The summed E-state index contributed by atoms with van der Waals surface area (Å²) in [5, 5.41) is 0. The van der Waals surface area contributed by atoms with Crippen molar-refractivity contribution in [2.75, 3.05) is 0 Å². The van der Waals surface area contributed by atoms with E-state index in [1.54, 1.807) is 0 Å². The highest BCUT2D eigenvalue weighted by atomic mass is 16.1. The van der Waals surface area contributed by atoms with Crippen molar-refractivity contribution in [1.29, 1.82) is 0 Å². The molecule has 0 amide bonds. The zero-order valence-corrected chi connectivity index (χ0v) is 6.58. The number of rotatable bonds is 3. The quantitative estimate of drug-likeness (QED) is 0.445. The molecule has 0 aliphatic heterocycles. The molecule has 0 aromatic heterocycles. The first-order valence-electron chi connectivity index (χ1n) is 4.17. The monoisotopic (exact) mass is 151 g/mol. The van der Waals surface area contributed by atoms with Crippen LogP contribution in [0.3, 0.4) is 0 Å². The van der Waals surface area contributed by atoms with E-state index in [1.165, 1.54) is 6.42 Å². The van der Waals surface area contributed by atoms with Crippen LogP contribution < -0.4 is 0 Å². The van der Waals surface area contributed by atoms with Gasteiger partial charge in [0, 0.05) is 5.92 Å². The molecule has 1 fully saturated rings. The van der Waals surface area contributed by atoms with E-state index in [0.29, 0.717) is 6.19 Å². The highest BCUT2D eigenvalue weighted by Gasteiger charge is 2.20. The molecule has 0 saturated heterocycles.